The molecule has 3 N–H and O–H groups in total. The minimum Gasteiger partial charge on any atom is -0.466 e. The molecule has 3 unspecified atom stereocenters. The van der Waals surface area contributed by atoms with E-state index in [1.54, 1.807) is 64.3 Å². The third-order valence-electron chi connectivity index (χ3n) is 17.3. The number of rotatable bonds is 27. The molecule has 0 aromatic heterocycles. The Morgan fingerprint density at radius 2 is 0.792 bits per heavy atom. The van der Waals surface area contributed by atoms with Crippen LogP contribution < -0.4 is 28.9 Å². The third kappa shape index (κ3) is 18.8. The number of terminal acetylenes is 1. The molecule has 518 valence electrons. The van der Waals surface area contributed by atoms with Crippen molar-refractivity contribution >= 4 is 76.6 Å². The quantitative estimate of drug-likeness (QED) is 0.0189. The maximum Gasteiger partial charge on any atom is 0.305 e. The van der Waals surface area contributed by atoms with E-state index in [1.807, 2.05) is 87.5 Å². The molecule has 96 heavy (non-hydrogen) atoms. The van der Waals surface area contributed by atoms with Gasteiger partial charge in [-0.1, -0.05) is 117 Å². The number of nitrogens with zero attached hydrogens (tertiary/aromatic N) is 3. The molecule has 0 bridgehead atoms. The van der Waals surface area contributed by atoms with Gasteiger partial charge < -0.3 is 30.2 Å². The van der Waals surface area contributed by atoms with E-state index < -0.39 is 41.9 Å². The van der Waals surface area contributed by atoms with Crippen molar-refractivity contribution in [2.24, 2.45) is 0 Å². The van der Waals surface area contributed by atoms with Gasteiger partial charge >= 0.3 is 17.9 Å². The summed E-state index contributed by atoms with van der Waals surface area (Å²) in [6.07, 6.45) is 17.6. The van der Waals surface area contributed by atoms with Crippen LogP contribution in [0, 0.1) is 32.0 Å². The Balaban J connectivity index is 0.000000203. The summed E-state index contributed by atoms with van der Waals surface area (Å²) in [6.45, 7) is 12.1. The number of unbranched alkanes of at least 4 members (excludes halogenated alkanes) is 9. The van der Waals surface area contributed by atoms with Crippen LogP contribution in [0.5, 0.6) is 0 Å². The van der Waals surface area contributed by atoms with Crippen molar-refractivity contribution in [2.75, 3.05) is 73.5 Å². The molecule has 0 amide bonds. The number of esters is 3. The molecule has 0 radical (unpaired) electrons. The Kier molecular flexibility index (Phi) is 28.3. The molecule has 0 aliphatic carbocycles. The number of aryl methyl sites for hydroxylation is 2. The van der Waals surface area contributed by atoms with Gasteiger partial charge in [0.05, 0.1) is 69.7 Å². The Labute approximate surface area is 573 Å². The number of ether oxygens (including phenoxy) is 3. The fourth-order valence-corrected chi connectivity index (χ4v) is 16.7. The van der Waals surface area contributed by atoms with Crippen LogP contribution in [0.4, 0.5) is 21.5 Å². The highest BCUT2D eigenvalue weighted by atomic mass is 35.5. The van der Waals surface area contributed by atoms with Crippen LogP contribution in [-0.2, 0) is 58.7 Å². The number of hydrogen-bond acceptors (Lipinski definition) is 15. The van der Waals surface area contributed by atoms with Crippen molar-refractivity contribution < 1.29 is 58.2 Å². The monoisotopic (exact) mass is 1390 g/mol. The molecule has 6 aromatic rings. The maximum atomic E-state index is 14.5. The van der Waals surface area contributed by atoms with E-state index in [0.717, 1.165) is 106 Å². The molecule has 3 atom stereocenters. The summed E-state index contributed by atoms with van der Waals surface area (Å²) in [5.41, 5.74) is 7.84. The predicted molar refractivity (Wildman–Crippen MR) is 376 cm³/mol. The van der Waals surface area contributed by atoms with Crippen LogP contribution in [0.2, 0.25) is 5.02 Å². The summed E-state index contributed by atoms with van der Waals surface area (Å²) < 4.78 is 113. The second kappa shape index (κ2) is 35.8. The lowest BCUT2D eigenvalue weighted by Gasteiger charge is -2.22. The molecule has 23 heteroatoms. The first-order chi connectivity index (χ1) is 45.9. The average Bonchev–Trinajstić information content (AvgIpc) is 1.61. The zero-order valence-corrected chi connectivity index (χ0v) is 59.6. The Morgan fingerprint density at radius 1 is 0.458 bits per heavy atom. The second-order valence-electron chi connectivity index (χ2n) is 23.8. The first-order valence-corrected chi connectivity index (χ1v) is 37.7. The molecule has 0 saturated carbocycles. The van der Waals surface area contributed by atoms with Crippen molar-refractivity contribution in [1.29, 1.82) is 0 Å². The van der Waals surface area contributed by atoms with Crippen LogP contribution in [0.15, 0.2) is 130 Å². The Hall–Kier alpha value is -7.36. The Bertz CT molecular complexity index is 3900. The molecule has 3 aliphatic rings. The molecule has 3 aliphatic heterocycles. The van der Waals surface area contributed by atoms with Gasteiger partial charge in [0.1, 0.15) is 5.82 Å². The largest absolute Gasteiger partial charge is 0.466 e. The smallest absolute Gasteiger partial charge is 0.305 e. The molecule has 0 spiro atoms. The number of anilines is 3. The fraction of sp³-hybridized carbons (Fsp3) is 0.438. The first-order valence-electron chi connectivity index (χ1n) is 33.1. The van der Waals surface area contributed by atoms with Gasteiger partial charge in [0, 0.05) is 51.0 Å². The van der Waals surface area contributed by atoms with Crippen LogP contribution in [0.3, 0.4) is 0 Å². The van der Waals surface area contributed by atoms with Crippen molar-refractivity contribution in [3.05, 3.63) is 176 Å². The van der Waals surface area contributed by atoms with Crippen molar-refractivity contribution in [1.82, 2.24) is 16.0 Å². The number of carbonyl (C=O) groups excluding carboxylic acids is 3. The number of para-hydroxylation sites is 3. The molecular weight excluding hydrogens is 1300 g/mol. The van der Waals surface area contributed by atoms with Gasteiger partial charge in [0.25, 0.3) is 30.1 Å². The van der Waals surface area contributed by atoms with E-state index in [1.165, 1.54) is 32.1 Å². The van der Waals surface area contributed by atoms with E-state index in [4.69, 9.17) is 32.2 Å². The van der Waals surface area contributed by atoms with E-state index in [0.29, 0.717) is 102 Å². The van der Waals surface area contributed by atoms with Gasteiger partial charge in [-0.2, -0.15) is 0 Å². The zero-order chi connectivity index (χ0) is 69.7. The van der Waals surface area contributed by atoms with Gasteiger partial charge in [-0.15, -0.1) is 6.42 Å². The second-order valence-corrected chi connectivity index (χ2v) is 30.1. The number of carbonyl (C=O) groups is 3. The number of hydrogen-bond donors (Lipinski definition) is 3. The summed E-state index contributed by atoms with van der Waals surface area (Å²) in [6, 6.07) is 32.8. The van der Waals surface area contributed by atoms with Gasteiger partial charge in [0.2, 0.25) is 0 Å². The molecule has 0 saturated heterocycles. The normalized spacial score (nSPS) is 16.6. The minimum atomic E-state index is -3.82. The van der Waals surface area contributed by atoms with Crippen LogP contribution in [0.25, 0.3) is 0 Å². The predicted octanol–water partition coefficient (Wildman–Crippen LogP) is 13.4. The van der Waals surface area contributed by atoms with Gasteiger partial charge in [0.15, 0.2) is 0 Å². The zero-order valence-electron chi connectivity index (χ0n) is 56.3. The van der Waals surface area contributed by atoms with Crippen LogP contribution in [-0.4, -0.2) is 104 Å². The molecule has 0 fully saturated rings. The van der Waals surface area contributed by atoms with Crippen LogP contribution >= 0.6 is 11.6 Å². The maximum absolute atomic E-state index is 14.5. The van der Waals surface area contributed by atoms with Gasteiger partial charge in [-0.3, -0.25) is 27.3 Å². The average molecular weight is 1400 g/mol. The first kappa shape index (κ1) is 76.0. The summed E-state index contributed by atoms with van der Waals surface area (Å²) in [4.78, 5) is 34.9. The van der Waals surface area contributed by atoms with Crippen LogP contribution in [0.1, 0.15) is 185 Å². The lowest BCUT2D eigenvalue weighted by molar-refractivity contribution is -0.144. The number of fused-ring (bicyclic) bond motifs is 6. The third-order valence-corrected chi connectivity index (χ3v) is 23.1. The van der Waals surface area contributed by atoms with E-state index in [2.05, 4.69) is 21.9 Å². The lowest BCUT2D eigenvalue weighted by Crippen LogP contribution is -2.26. The topological polar surface area (TPSA) is 227 Å². The summed E-state index contributed by atoms with van der Waals surface area (Å²) >= 11 is 6.41. The van der Waals surface area contributed by atoms with Crippen molar-refractivity contribution in [3.8, 4) is 12.3 Å². The number of halogens is 2. The standard InChI is InChI=1S/C25H30N2O4S.C24H31ClN2O4S.C24H31FN2O4S/c1-4-19-15-16-21-23(18-19)32(29,30)27(3)22-13-10-9-12-20(22)25(21)26-17-11-7-6-8-14-24(28)31-5-2;2*1-4-31-23(28)13-7-5-6-10-14-26-24-18-11-8-9-12-21(18)27(3)32(29,30)22-15-17(2)20(25)16-19(22)24/h1,9-10,12-13,15-16,18,25-26H,5-8,11,14,17H2,2-3H3;2*8-9,11-12,15-16,24,26H,4-7,10,13-14H2,1-3H3. The number of sulfonamides is 3. The van der Waals surface area contributed by atoms with E-state index in [9.17, 15) is 44.0 Å². The highest BCUT2D eigenvalue weighted by Crippen LogP contribution is 2.44. The number of nitrogens with one attached hydrogen (secondary N) is 3. The summed E-state index contributed by atoms with van der Waals surface area (Å²) in [5, 5.41) is 11.1. The van der Waals surface area contributed by atoms with E-state index in [-0.39, 0.29) is 44.7 Å². The van der Waals surface area contributed by atoms with Gasteiger partial charge in [-0.05, 0) is 192 Å². The highest BCUT2D eigenvalue weighted by Gasteiger charge is 2.38. The molecule has 6 aromatic carbocycles. The molecule has 18 nitrogen and oxygen atoms in total. The minimum absolute atomic E-state index is 0.127. The number of benzene rings is 6. The molecule has 9 rings (SSSR count). The fourth-order valence-electron chi connectivity index (χ4n) is 12.1. The SMILES string of the molecule is C#Cc1ccc2c(c1)S(=O)(=O)N(C)c1ccccc1C2NCCCCCCC(=O)OCC.CCOC(=O)CCCCCCNC1c2ccccc2N(C)S(=O)(=O)c2cc(C)c(Cl)cc21.CCOC(=O)CCCCCCNC1c2ccccc2N(C)S(=O)(=O)c2cc(C)c(F)cc21. The molecule has 3 heterocycles. The Morgan fingerprint density at radius 3 is 1.17 bits per heavy atom. The highest BCUT2D eigenvalue weighted by molar-refractivity contribution is 7.93. The lowest BCUT2D eigenvalue weighted by atomic mass is 9.95. The summed E-state index contributed by atoms with van der Waals surface area (Å²) in [7, 11) is -6.56. The van der Waals surface area contributed by atoms with Crippen molar-refractivity contribution in [2.45, 2.75) is 164 Å². The van der Waals surface area contributed by atoms with Gasteiger partial charge in [-0.25, -0.2) is 29.6 Å². The van der Waals surface area contributed by atoms with Crippen molar-refractivity contribution in [3.63, 3.8) is 0 Å². The molecular formula is C73H92ClFN6O12S3. The van der Waals surface area contributed by atoms with E-state index >= 15 is 0 Å². The summed E-state index contributed by atoms with van der Waals surface area (Å²) in [5.74, 6) is 1.66.